The van der Waals surface area contributed by atoms with Crippen LogP contribution >= 0.6 is 11.6 Å². The number of carbonyl (C=O) groups excluding carboxylic acids is 1. The van der Waals surface area contributed by atoms with Crippen molar-refractivity contribution in [3.63, 3.8) is 0 Å². The van der Waals surface area contributed by atoms with Crippen LogP contribution in [-0.4, -0.2) is 55.2 Å². The van der Waals surface area contributed by atoms with Gasteiger partial charge in [0, 0.05) is 37.8 Å². The van der Waals surface area contributed by atoms with Gasteiger partial charge in [0.2, 0.25) is 5.43 Å². The minimum atomic E-state index is -0.374. The second kappa shape index (κ2) is 7.12. The molecule has 122 valence electrons. The molecule has 7 heteroatoms. The number of fused-ring (bicyclic) bond motifs is 1. The number of hydrogen-bond acceptors (Lipinski definition) is 4. The van der Waals surface area contributed by atoms with E-state index < -0.39 is 0 Å². The summed E-state index contributed by atoms with van der Waals surface area (Å²) in [6, 6.07) is 5.05. The number of carbonyl (C=O) groups is 1. The van der Waals surface area contributed by atoms with Crippen LogP contribution in [0.3, 0.4) is 0 Å². The molecule has 0 bridgehead atoms. The highest BCUT2D eigenvalue weighted by atomic mass is 35.5. The number of amides is 1. The maximum Gasteiger partial charge on any atom is 0.256 e. The number of nitrogens with one attached hydrogen (secondary N) is 2. The first-order chi connectivity index (χ1) is 11.2. The summed E-state index contributed by atoms with van der Waals surface area (Å²) in [4.78, 5) is 29.8. The van der Waals surface area contributed by atoms with Gasteiger partial charge in [0.05, 0.1) is 23.8 Å². The van der Waals surface area contributed by atoms with Crippen molar-refractivity contribution in [2.45, 2.75) is 0 Å². The largest absolute Gasteiger partial charge is 0.379 e. The van der Waals surface area contributed by atoms with Gasteiger partial charge < -0.3 is 15.0 Å². The summed E-state index contributed by atoms with van der Waals surface area (Å²) in [7, 11) is 0. The molecule has 0 unspecified atom stereocenters. The molecule has 6 nitrogen and oxygen atoms in total. The van der Waals surface area contributed by atoms with Crippen molar-refractivity contribution in [1.82, 2.24) is 15.2 Å². The van der Waals surface area contributed by atoms with Crippen molar-refractivity contribution in [3.05, 3.63) is 45.2 Å². The maximum absolute atomic E-state index is 12.4. The Balaban J connectivity index is 1.68. The van der Waals surface area contributed by atoms with E-state index in [9.17, 15) is 9.59 Å². The maximum atomic E-state index is 12.4. The summed E-state index contributed by atoms with van der Waals surface area (Å²) in [5, 5.41) is 3.66. The third kappa shape index (κ3) is 3.55. The highest BCUT2D eigenvalue weighted by molar-refractivity contribution is 6.35. The third-order valence-electron chi connectivity index (χ3n) is 3.93. The predicted molar refractivity (Wildman–Crippen MR) is 89.2 cm³/mol. The summed E-state index contributed by atoms with van der Waals surface area (Å²) >= 11 is 6.04. The Morgan fingerprint density at radius 1 is 1.35 bits per heavy atom. The third-order valence-corrected chi connectivity index (χ3v) is 4.24. The van der Waals surface area contributed by atoms with Gasteiger partial charge in [0.1, 0.15) is 5.56 Å². The Labute approximate surface area is 138 Å². The van der Waals surface area contributed by atoms with Crippen molar-refractivity contribution >= 4 is 28.4 Å². The normalized spacial score (nSPS) is 15.7. The van der Waals surface area contributed by atoms with Crippen LogP contribution in [0.4, 0.5) is 0 Å². The number of rotatable bonds is 4. The van der Waals surface area contributed by atoms with Crippen LogP contribution < -0.4 is 10.7 Å². The topological polar surface area (TPSA) is 74.4 Å². The van der Waals surface area contributed by atoms with E-state index in [1.165, 1.54) is 6.20 Å². The lowest BCUT2D eigenvalue weighted by molar-refractivity contribution is 0.0383. The van der Waals surface area contributed by atoms with Crippen LogP contribution in [-0.2, 0) is 4.74 Å². The lowest BCUT2D eigenvalue weighted by Gasteiger charge is -2.26. The lowest BCUT2D eigenvalue weighted by Crippen LogP contribution is -2.41. The smallest absolute Gasteiger partial charge is 0.256 e. The first-order valence-electron chi connectivity index (χ1n) is 7.55. The number of nitrogens with zero attached hydrogens (tertiary/aromatic N) is 1. The fourth-order valence-corrected chi connectivity index (χ4v) is 2.86. The molecule has 0 radical (unpaired) electrons. The standard InChI is InChI=1S/C16H18ClN3O3/c17-13-3-1-2-11-14(13)19-10-12(15(11)21)16(22)18-4-5-20-6-8-23-9-7-20/h1-3,10H,4-9H2,(H,18,22)(H,19,21). The first-order valence-corrected chi connectivity index (χ1v) is 7.93. The van der Waals surface area contributed by atoms with Crippen molar-refractivity contribution < 1.29 is 9.53 Å². The highest BCUT2D eigenvalue weighted by Crippen LogP contribution is 2.18. The molecular weight excluding hydrogens is 318 g/mol. The molecule has 0 saturated carbocycles. The highest BCUT2D eigenvalue weighted by Gasteiger charge is 2.15. The molecule has 1 saturated heterocycles. The van der Waals surface area contributed by atoms with Crippen LogP contribution in [0.2, 0.25) is 5.02 Å². The molecule has 1 aromatic carbocycles. The summed E-state index contributed by atoms with van der Waals surface area (Å²) in [6.07, 6.45) is 1.42. The first kappa shape index (κ1) is 16.0. The van der Waals surface area contributed by atoms with Gasteiger partial charge in [0.25, 0.3) is 5.91 Å². The average molecular weight is 336 g/mol. The molecule has 0 aliphatic carbocycles. The van der Waals surface area contributed by atoms with Gasteiger partial charge >= 0.3 is 0 Å². The van der Waals surface area contributed by atoms with E-state index in [1.807, 2.05) is 0 Å². The fourth-order valence-electron chi connectivity index (χ4n) is 2.63. The molecule has 1 aromatic heterocycles. The van der Waals surface area contributed by atoms with Gasteiger partial charge in [-0.05, 0) is 12.1 Å². The Hall–Kier alpha value is -1.89. The van der Waals surface area contributed by atoms with E-state index in [0.717, 1.165) is 32.8 Å². The molecule has 2 aromatic rings. The molecule has 1 amide bonds. The number of para-hydroxylation sites is 1. The van der Waals surface area contributed by atoms with E-state index >= 15 is 0 Å². The van der Waals surface area contributed by atoms with Crippen LogP contribution in [0.15, 0.2) is 29.2 Å². The number of halogens is 1. The van der Waals surface area contributed by atoms with Crippen LogP contribution in [0.5, 0.6) is 0 Å². The Morgan fingerprint density at radius 3 is 2.91 bits per heavy atom. The quantitative estimate of drug-likeness (QED) is 0.881. The van der Waals surface area contributed by atoms with Crippen molar-refractivity contribution in [1.29, 1.82) is 0 Å². The molecule has 2 heterocycles. The van der Waals surface area contributed by atoms with Crippen molar-refractivity contribution in [2.75, 3.05) is 39.4 Å². The van der Waals surface area contributed by atoms with Crippen LogP contribution in [0.25, 0.3) is 10.9 Å². The van der Waals surface area contributed by atoms with Crippen molar-refractivity contribution in [3.8, 4) is 0 Å². The van der Waals surface area contributed by atoms with Gasteiger partial charge in [0.15, 0.2) is 0 Å². The number of pyridine rings is 1. The predicted octanol–water partition coefficient (Wildman–Crippen LogP) is 1.24. The number of H-pyrrole nitrogens is 1. The van der Waals surface area contributed by atoms with Gasteiger partial charge in [-0.3, -0.25) is 14.5 Å². The van der Waals surface area contributed by atoms with E-state index in [0.29, 0.717) is 22.5 Å². The molecule has 0 atom stereocenters. The van der Waals surface area contributed by atoms with E-state index in [-0.39, 0.29) is 16.9 Å². The second-order valence-electron chi connectivity index (χ2n) is 5.40. The number of hydrogen-bond donors (Lipinski definition) is 2. The number of morpholine rings is 1. The Bertz CT molecular complexity index is 769. The van der Waals surface area contributed by atoms with E-state index in [4.69, 9.17) is 16.3 Å². The number of aromatic amines is 1. The van der Waals surface area contributed by atoms with Crippen LogP contribution in [0, 0.1) is 0 Å². The van der Waals surface area contributed by atoms with Crippen LogP contribution in [0.1, 0.15) is 10.4 Å². The van der Waals surface area contributed by atoms with Gasteiger partial charge in [-0.25, -0.2) is 0 Å². The number of benzene rings is 1. The number of ether oxygens (including phenoxy) is 1. The van der Waals surface area contributed by atoms with Gasteiger partial charge in [-0.2, -0.15) is 0 Å². The second-order valence-corrected chi connectivity index (χ2v) is 5.81. The van der Waals surface area contributed by atoms with Gasteiger partial charge in [-0.15, -0.1) is 0 Å². The molecule has 1 fully saturated rings. The molecule has 23 heavy (non-hydrogen) atoms. The minimum absolute atomic E-state index is 0.0988. The lowest BCUT2D eigenvalue weighted by atomic mass is 10.1. The van der Waals surface area contributed by atoms with E-state index in [1.54, 1.807) is 18.2 Å². The molecule has 0 spiro atoms. The zero-order valence-corrected chi connectivity index (χ0v) is 13.4. The zero-order valence-electron chi connectivity index (χ0n) is 12.6. The molecule has 3 rings (SSSR count). The summed E-state index contributed by atoms with van der Waals surface area (Å²) in [5.41, 5.74) is 0.330. The number of aromatic nitrogens is 1. The van der Waals surface area contributed by atoms with E-state index in [2.05, 4.69) is 15.2 Å². The monoisotopic (exact) mass is 335 g/mol. The molecule has 1 aliphatic heterocycles. The Morgan fingerprint density at radius 2 is 2.13 bits per heavy atom. The zero-order chi connectivity index (χ0) is 16.2. The molecular formula is C16H18ClN3O3. The summed E-state index contributed by atoms with van der Waals surface area (Å²) in [5.74, 6) is -0.374. The fraction of sp³-hybridized carbons (Fsp3) is 0.375. The summed E-state index contributed by atoms with van der Waals surface area (Å²) < 4.78 is 5.28. The minimum Gasteiger partial charge on any atom is -0.379 e. The van der Waals surface area contributed by atoms with Crippen molar-refractivity contribution in [2.24, 2.45) is 0 Å². The summed E-state index contributed by atoms with van der Waals surface area (Å²) in [6.45, 7) is 4.41. The Kier molecular flexibility index (Phi) is 4.95. The van der Waals surface area contributed by atoms with Gasteiger partial charge in [-0.1, -0.05) is 17.7 Å². The average Bonchev–Trinajstić information content (AvgIpc) is 2.57. The SMILES string of the molecule is O=C(NCCN1CCOCC1)c1c[nH]c2c(Cl)cccc2c1=O. The molecule has 2 N–H and O–H groups in total. The molecule has 1 aliphatic rings.